The van der Waals surface area contributed by atoms with Crippen LogP contribution in [0.15, 0.2) is 29.4 Å². The molecule has 0 saturated carbocycles. The van der Waals surface area contributed by atoms with Crippen LogP contribution >= 0.6 is 24.0 Å². The van der Waals surface area contributed by atoms with Crippen LogP contribution in [-0.4, -0.2) is 43.0 Å². The van der Waals surface area contributed by atoms with Crippen LogP contribution in [0.1, 0.15) is 26.0 Å². The number of carbonyl (C=O) groups excluding carboxylic acids is 1. The average Bonchev–Trinajstić information content (AvgIpc) is 2.51. The number of amides is 1. The van der Waals surface area contributed by atoms with Crippen LogP contribution < -0.4 is 16.0 Å². The van der Waals surface area contributed by atoms with Crippen molar-refractivity contribution in [2.75, 3.05) is 26.2 Å². The van der Waals surface area contributed by atoms with Crippen LogP contribution in [0.5, 0.6) is 0 Å². The fourth-order valence-corrected chi connectivity index (χ4v) is 1.67. The smallest absolute Gasteiger partial charge is 0.241 e. The van der Waals surface area contributed by atoms with Crippen molar-refractivity contribution < 1.29 is 4.79 Å². The third-order valence-corrected chi connectivity index (χ3v) is 2.70. The summed E-state index contributed by atoms with van der Waals surface area (Å²) in [5.74, 6) is 0.596. The van der Waals surface area contributed by atoms with Crippen molar-refractivity contribution in [2.24, 2.45) is 4.99 Å². The van der Waals surface area contributed by atoms with Gasteiger partial charge >= 0.3 is 0 Å². The maximum Gasteiger partial charge on any atom is 0.241 e. The first-order valence-electron chi connectivity index (χ1n) is 7.45. The summed E-state index contributed by atoms with van der Waals surface area (Å²) in [6, 6.07) is 5.86. The highest BCUT2D eigenvalue weighted by Crippen LogP contribution is 1.92. The van der Waals surface area contributed by atoms with Gasteiger partial charge in [0, 0.05) is 37.9 Å². The Morgan fingerprint density at radius 3 is 2.64 bits per heavy atom. The molecule has 0 aliphatic heterocycles. The lowest BCUT2D eigenvalue weighted by molar-refractivity contribution is -0.119. The molecule has 0 aliphatic rings. The number of carbonyl (C=O) groups is 1. The number of aromatic nitrogens is 1. The Kier molecular flexibility index (Phi) is 12.5. The number of pyridine rings is 1. The van der Waals surface area contributed by atoms with E-state index >= 15 is 0 Å². The summed E-state index contributed by atoms with van der Waals surface area (Å²) < 4.78 is 0. The van der Waals surface area contributed by atoms with Crippen LogP contribution in [0.3, 0.4) is 0 Å². The zero-order chi connectivity index (χ0) is 15.3. The molecule has 0 unspecified atom stereocenters. The molecule has 6 nitrogen and oxygen atoms in total. The van der Waals surface area contributed by atoms with Gasteiger partial charge in [0.15, 0.2) is 5.96 Å². The number of halogens is 1. The SMILES string of the molecule is CCCNC(=O)CN=C(NCC)NCCc1ccccn1.I. The van der Waals surface area contributed by atoms with Crippen LogP contribution in [0.2, 0.25) is 0 Å². The molecule has 1 aromatic heterocycles. The molecule has 22 heavy (non-hydrogen) atoms. The molecule has 7 heteroatoms. The Balaban J connectivity index is 0.00000441. The van der Waals surface area contributed by atoms with Crippen molar-refractivity contribution in [1.29, 1.82) is 0 Å². The van der Waals surface area contributed by atoms with Gasteiger partial charge in [-0.1, -0.05) is 13.0 Å². The van der Waals surface area contributed by atoms with Crippen LogP contribution in [0.25, 0.3) is 0 Å². The van der Waals surface area contributed by atoms with Crippen molar-refractivity contribution in [2.45, 2.75) is 26.7 Å². The monoisotopic (exact) mass is 419 g/mol. The normalized spacial score (nSPS) is 10.5. The number of guanidine groups is 1. The summed E-state index contributed by atoms with van der Waals surface area (Å²) in [5, 5.41) is 9.12. The van der Waals surface area contributed by atoms with Gasteiger partial charge in [-0.2, -0.15) is 0 Å². The number of rotatable bonds is 8. The highest BCUT2D eigenvalue weighted by atomic mass is 127. The molecule has 0 saturated heterocycles. The quantitative estimate of drug-likeness (QED) is 0.338. The molecule has 1 aromatic rings. The largest absolute Gasteiger partial charge is 0.357 e. The highest BCUT2D eigenvalue weighted by molar-refractivity contribution is 14.0. The van der Waals surface area contributed by atoms with Gasteiger partial charge < -0.3 is 16.0 Å². The summed E-state index contributed by atoms with van der Waals surface area (Å²) in [6.07, 6.45) is 3.53. The van der Waals surface area contributed by atoms with Crippen molar-refractivity contribution in [3.8, 4) is 0 Å². The van der Waals surface area contributed by atoms with Crippen LogP contribution in [-0.2, 0) is 11.2 Å². The van der Waals surface area contributed by atoms with E-state index in [1.54, 1.807) is 6.20 Å². The summed E-state index contributed by atoms with van der Waals surface area (Å²) in [5.41, 5.74) is 1.03. The van der Waals surface area contributed by atoms with E-state index in [2.05, 4.69) is 25.9 Å². The van der Waals surface area contributed by atoms with E-state index in [1.165, 1.54) is 0 Å². The molecule has 0 fully saturated rings. The maximum atomic E-state index is 11.5. The summed E-state index contributed by atoms with van der Waals surface area (Å²) in [6.45, 7) is 6.32. The van der Waals surface area contributed by atoms with Crippen molar-refractivity contribution in [3.63, 3.8) is 0 Å². The number of nitrogens with zero attached hydrogens (tertiary/aromatic N) is 2. The molecule has 0 radical (unpaired) electrons. The van der Waals surface area contributed by atoms with Gasteiger partial charge in [-0.15, -0.1) is 24.0 Å². The fourth-order valence-electron chi connectivity index (χ4n) is 1.67. The predicted molar refractivity (Wildman–Crippen MR) is 101 cm³/mol. The van der Waals surface area contributed by atoms with E-state index in [9.17, 15) is 4.79 Å². The summed E-state index contributed by atoms with van der Waals surface area (Å²) in [7, 11) is 0. The van der Waals surface area contributed by atoms with Gasteiger partial charge in [0.2, 0.25) is 5.91 Å². The third-order valence-electron chi connectivity index (χ3n) is 2.70. The average molecular weight is 419 g/mol. The lowest BCUT2D eigenvalue weighted by Crippen LogP contribution is -2.39. The number of aliphatic imine (C=N–C) groups is 1. The first-order chi connectivity index (χ1) is 10.3. The second kappa shape index (κ2) is 13.3. The summed E-state index contributed by atoms with van der Waals surface area (Å²) >= 11 is 0. The first kappa shape index (κ1) is 20.6. The lowest BCUT2D eigenvalue weighted by atomic mass is 10.3. The molecule has 3 N–H and O–H groups in total. The zero-order valence-electron chi connectivity index (χ0n) is 13.3. The highest BCUT2D eigenvalue weighted by Gasteiger charge is 2.01. The van der Waals surface area contributed by atoms with Crippen LogP contribution in [0.4, 0.5) is 0 Å². The van der Waals surface area contributed by atoms with E-state index in [0.717, 1.165) is 31.6 Å². The Labute approximate surface area is 149 Å². The minimum atomic E-state index is -0.0567. The van der Waals surface area contributed by atoms with Gasteiger partial charge in [-0.05, 0) is 25.5 Å². The Morgan fingerprint density at radius 2 is 2.00 bits per heavy atom. The molecule has 0 aliphatic carbocycles. The molecule has 0 bridgehead atoms. The second-order valence-corrected chi connectivity index (χ2v) is 4.54. The molecule has 0 atom stereocenters. The summed E-state index contributed by atoms with van der Waals surface area (Å²) in [4.78, 5) is 20.0. The zero-order valence-corrected chi connectivity index (χ0v) is 15.6. The van der Waals surface area contributed by atoms with E-state index < -0.39 is 0 Å². The minimum Gasteiger partial charge on any atom is -0.357 e. The Bertz CT molecular complexity index is 439. The van der Waals surface area contributed by atoms with Gasteiger partial charge in [0.05, 0.1) is 0 Å². The standard InChI is InChI=1S/C15H25N5O.HI/c1-3-9-18-14(21)12-20-15(16-4-2)19-11-8-13-7-5-6-10-17-13;/h5-7,10H,3-4,8-9,11-12H2,1-2H3,(H,18,21)(H2,16,19,20);1H. The van der Waals surface area contributed by atoms with E-state index in [0.29, 0.717) is 12.5 Å². The van der Waals surface area contributed by atoms with Gasteiger partial charge in [0.1, 0.15) is 6.54 Å². The van der Waals surface area contributed by atoms with Crippen LogP contribution in [0, 0.1) is 0 Å². The topological polar surface area (TPSA) is 78.4 Å². The predicted octanol–water partition coefficient (Wildman–Crippen LogP) is 1.32. The maximum absolute atomic E-state index is 11.5. The van der Waals surface area contributed by atoms with E-state index in [-0.39, 0.29) is 36.4 Å². The van der Waals surface area contributed by atoms with Gasteiger partial charge in [-0.25, -0.2) is 4.99 Å². The number of hydrogen-bond donors (Lipinski definition) is 3. The van der Waals surface area contributed by atoms with Crippen molar-refractivity contribution in [3.05, 3.63) is 30.1 Å². The van der Waals surface area contributed by atoms with Gasteiger partial charge in [0.25, 0.3) is 0 Å². The number of hydrogen-bond acceptors (Lipinski definition) is 3. The van der Waals surface area contributed by atoms with Crippen molar-refractivity contribution >= 4 is 35.8 Å². The molecular formula is C15H26IN5O. The third kappa shape index (κ3) is 9.54. The van der Waals surface area contributed by atoms with Crippen molar-refractivity contribution in [1.82, 2.24) is 20.9 Å². The molecule has 1 heterocycles. The first-order valence-corrected chi connectivity index (χ1v) is 7.45. The molecule has 124 valence electrons. The molecular weight excluding hydrogens is 393 g/mol. The Morgan fingerprint density at radius 1 is 1.18 bits per heavy atom. The molecule has 0 aromatic carbocycles. The van der Waals surface area contributed by atoms with E-state index in [1.807, 2.05) is 32.0 Å². The molecule has 1 amide bonds. The second-order valence-electron chi connectivity index (χ2n) is 4.54. The fraction of sp³-hybridized carbons (Fsp3) is 0.533. The minimum absolute atomic E-state index is 0. The molecule has 0 spiro atoms. The van der Waals surface area contributed by atoms with Gasteiger partial charge in [-0.3, -0.25) is 9.78 Å². The van der Waals surface area contributed by atoms with E-state index in [4.69, 9.17) is 0 Å². The number of nitrogens with one attached hydrogen (secondary N) is 3. The lowest BCUT2D eigenvalue weighted by Gasteiger charge is -2.11. The Hall–Kier alpha value is -1.38. The molecule has 1 rings (SSSR count).